The number of sulfonamides is 1. The second-order valence-electron chi connectivity index (χ2n) is 5.05. The first-order chi connectivity index (χ1) is 9.40. The van der Waals surface area contributed by atoms with Crippen molar-refractivity contribution in [1.29, 1.82) is 0 Å². The molecule has 112 valence electrons. The van der Waals surface area contributed by atoms with Gasteiger partial charge in [0.05, 0.1) is 0 Å². The topological polar surface area (TPSA) is 46.2 Å². The van der Waals surface area contributed by atoms with Crippen molar-refractivity contribution in [1.82, 2.24) is 4.72 Å². The van der Waals surface area contributed by atoms with Gasteiger partial charge in [0.15, 0.2) is 0 Å². The summed E-state index contributed by atoms with van der Waals surface area (Å²) in [5.74, 6) is -0.0912. The zero-order valence-corrected chi connectivity index (χ0v) is 14.8. The van der Waals surface area contributed by atoms with Crippen LogP contribution in [0.1, 0.15) is 32.1 Å². The van der Waals surface area contributed by atoms with Crippen LogP contribution in [0.2, 0.25) is 0 Å². The van der Waals surface area contributed by atoms with Gasteiger partial charge >= 0.3 is 0 Å². The maximum atomic E-state index is 13.2. The Bertz CT molecular complexity index is 563. The summed E-state index contributed by atoms with van der Waals surface area (Å²) in [5, 5.41) is 0. The number of halogens is 3. The standard InChI is InChI=1S/C13H16Br2FNO2S/c14-11-6-10(16)7-12(15)13(11)20(18,19)17-8-9-4-2-1-3-5-9/h6-7,9,17H,1-5,8H2. The number of nitrogens with one attached hydrogen (secondary N) is 1. The van der Waals surface area contributed by atoms with Gasteiger partial charge in [0, 0.05) is 15.5 Å². The number of hydrogen-bond acceptors (Lipinski definition) is 2. The Labute approximate surface area is 135 Å². The van der Waals surface area contributed by atoms with Gasteiger partial charge < -0.3 is 0 Å². The third-order valence-electron chi connectivity index (χ3n) is 3.52. The molecule has 1 aromatic carbocycles. The molecular weight excluding hydrogens is 413 g/mol. The van der Waals surface area contributed by atoms with Crippen LogP contribution >= 0.6 is 31.9 Å². The van der Waals surface area contributed by atoms with Gasteiger partial charge in [0.2, 0.25) is 10.0 Å². The van der Waals surface area contributed by atoms with Crippen LogP contribution in [-0.2, 0) is 10.0 Å². The van der Waals surface area contributed by atoms with E-state index in [0.717, 1.165) is 37.8 Å². The molecule has 1 N–H and O–H groups in total. The zero-order chi connectivity index (χ0) is 14.8. The van der Waals surface area contributed by atoms with E-state index >= 15 is 0 Å². The number of rotatable bonds is 4. The lowest BCUT2D eigenvalue weighted by molar-refractivity contribution is 0.357. The van der Waals surface area contributed by atoms with Crippen molar-refractivity contribution in [2.45, 2.75) is 37.0 Å². The van der Waals surface area contributed by atoms with Crippen molar-refractivity contribution >= 4 is 41.9 Å². The van der Waals surface area contributed by atoms with Crippen LogP contribution in [0.4, 0.5) is 4.39 Å². The molecule has 20 heavy (non-hydrogen) atoms. The van der Waals surface area contributed by atoms with E-state index in [1.165, 1.54) is 6.42 Å². The molecule has 1 aromatic rings. The van der Waals surface area contributed by atoms with Crippen molar-refractivity contribution in [2.75, 3.05) is 6.54 Å². The summed E-state index contributed by atoms with van der Waals surface area (Å²) in [6.45, 7) is 0.443. The van der Waals surface area contributed by atoms with Crippen molar-refractivity contribution in [3.8, 4) is 0 Å². The highest BCUT2D eigenvalue weighted by Gasteiger charge is 2.23. The first kappa shape index (κ1) is 16.4. The molecule has 0 atom stereocenters. The molecule has 1 saturated carbocycles. The summed E-state index contributed by atoms with van der Waals surface area (Å²) in [6, 6.07) is 2.31. The van der Waals surface area contributed by atoms with Gasteiger partial charge in [-0.25, -0.2) is 17.5 Å². The van der Waals surface area contributed by atoms with Crippen LogP contribution in [-0.4, -0.2) is 15.0 Å². The Hall–Kier alpha value is 0.0200. The highest BCUT2D eigenvalue weighted by Crippen LogP contribution is 2.31. The van der Waals surface area contributed by atoms with E-state index in [1.807, 2.05) is 0 Å². The monoisotopic (exact) mass is 427 g/mol. The molecule has 0 unspecified atom stereocenters. The van der Waals surface area contributed by atoms with Gasteiger partial charge in [-0.1, -0.05) is 19.3 Å². The molecular formula is C13H16Br2FNO2S. The van der Waals surface area contributed by atoms with Crippen molar-refractivity contribution in [3.05, 3.63) is 26.9 Å². The third kappa shape index (κ3) is 4.02. The summed E-state index contributed by atoms with van der Waals surface area (Å²) in [5.41, 5.74) is 0. The van der Waals surface area contributed by atoms with E-state index in [4.69, 9.17) is 0 Å². The SMILES string of the molecule is O=S(=O)(NCC1CCCCC1)c1c(Br)cc(F)cc1Br. The van der Waals surface area contributed by atoms with Crippen LogP contribution in [0, 0.1) is 11.7 Å². The Morgan fingerprint density at radius 3 is 2.25 bits per heavy atom. The van der Waals surface area contributed by atoms with Gasteiger partial charge in [-0.15, -0.1) is 0 Å². The van der Waals surface area contributed by atoms with Gasteiger partial charge in [-0.2, -0.15) is 0 Å². The van der Waals surface area contributed by atoms with Gasteiger partial charge in [-0.3, -0.25) is 0 Å². The number of hydrogen-bond donors (Lipinski definition) is 1. The second-order valence-corrected chi connectivity index (χ2v) is 8.47. The molecule has 0 radical (unpaired) electrons. The van der Waals surface area contributed by atoms with Crippen molar-refractivity contribution in [3.63, 3.8) is 0 Å². The second kappa shape index (κ2) is 6.85. The normalized spacial score (nSPS) is 17.4. The predicted molar refractivity (Wildman–Crippen MR) is 83.6 cm³/mol. The van der Waals surface area contributed by atoms with E-state index in [-0.39, 0.29) is 13.8 Å². The summed E-state index contributed by atoms with van der Waals surface area (Å²) < 4.78 is 40.9. The molecule has 0 spiro atoms. The van der Waals surface area contributed by atoms with Crippen molar-refractivity contribution in [2.24, 2.45) is 5.92 Å². The van der Waals surface area contributed by atoms with Crippen LogP contribution in [0.5, 0.6) is 0 Å². The zero-order valence-electron chi connectivity index (χ0n) is 10.8. The minimum absolute atomic E-state index is 0.0507. The smallest absolute Gasteiger partial charge is 0.211 e. The molecule has 0 amide bonds. The lowest BCUT2D eigenvalue weighted by atomic mass is 9.90. The Morgan fingerprint density at radius 1 is 1.15 bits per heavy atom. The highest BCUT2D eigenvalue weighted by molar-refractivity contribution is 9.11. The van der Waals surface area contributed by atoms with Gasteiger partial charge in [0.25, 0.3) is 0 Å². The Kier molecular flexibility index (Phi) is 5.62. The third-order valence-corrected chi connectivity index (χ3v) is 6.82. The van der Waals surface area contributed by atoms with E-state index < -0.39 is 15.8 Å². The molecule has 0 heterocycles. The predicted octanol–water partition coefficient (Wildman–Crippen LogP) is 4.21. The maximum absolute atomic E-state index is 13.2. The van der Waals surface area contributed by atoms with Crippen LogP contribution < -0.4 is 4.72 Å². The quantitative estimate of drug-likeness (QED) is 0.780. The summed E-state index contributed by atoms with van der Waals surface area (Å²) >= 11 is 6.22. The summed E-state index contributed by atoms with van der Waals surface area (Å²) in [6.07, 6.45) is 5.69. The van der Waals surface area contributed by atoms with Crippen LogP contribution in [0.15, 0.2) is 26.0 Å². The molecule has 0 aromatic heterocycles. The molecule has 3 nitrogen and oxygen atoms in total. The molecule has 1 fully saturated rings. The number of benzene rings is 1. The minimum Gasteiger partial charge on any atom is -0.211 e. The summed E-state index contributed by atoms with van der Waals surface area (Å²) in [4.78, 5) is 0.0507. The summed E-state index contributed by atoms with van der Waals surface area (Å²) in [7, 11) is -3.65. The van der Waals surface area contributed by atoms with Crippen LogP contribution in [0.3, 0.4) is 0 Å². The maximum Gasteiger partial charge on any atom is 0.242 e. The fraction of sp³-hybridized carbons (Fsp3) is 0.538. The van der Waals surface area contributed by atoms with E-state index in [9.17, 15) is 12.8 Å². The van der Waals surface area contributed by atoms with Crippen LogP contribution in [0.25, 0.3) is 0 Å². The molecule has 1 aliphatic rings. The first-order valence-electron chi connectivity index (χ1n) is 6.54. The van der Waals surface area contributed by atoms with Crippen molar-refractivity contribution < 1.29 is 12.8 Å². The Balaban J connectivity index is 2.14. The molecule has 0 bridgehead atoms. The molecule has 0 saturated heterocycles. The fourth-order valence-electron chi connectivity index (χ4n) is 2.48. The van der Waals surface area contributed by atoms with E-state index in [0.29, 0.717) is 12.5 Å². The minimum atomic E-state index is -3.65. The van der Waals surface area contributed by atoms with Gasteiger partial charge in [-0.05, 0) is 62.8 Å². The highest BCUT2D eigenvalue weighted by atomic mass is 79.9. The molecule has 0 aliphatic heterocycles. The van der Waals surface area contributed by atoms with E-state index in [1.54, 1.807) is 0 Å². The average Bonchev–Trinajstić information content (AvgIpc) is 2.36. The Morgan fingerprint density at radius 2 is 1.70 bits per heavy atom. The van der Waals surface area contributed by atoms with E-state index in [2.05, 4.69) is 36.6 Å². The fourth-order valence-corrected chi connectivity index (χ4v) is 6.12. The molecule has 1 aliphatic carbocycles. The van der Waals surface area contributed by atoms with Gasteiger partial charge in [0.1, 0.15) is 10.7 Å². The lowest BCUT2D eigenvalue weighted by Crippen LogP contribution is -2.30. The molecule has 7 heteroatoms. The lowest BCUT2D eigenvalue weighted by Gasteiger charge is -2.22. The first-order valence-corrected chi connectivity index (χ1v) is 9.61. The largest absolute Gasteiger partial charge is 0.242 e. The average molecular weight is 429 g/mol. The molecule has 2 rings (SSSR count).